The number of anilines is 1. The van der Waals surface area contributed by atoms with Crippen molar-refractivity contribution >= 4 is 34.2 Å². The predicted octanol–water partition coefficient (Wildman–Crippen LogP) is -1.81. The fraction of sp³-hybridized carbons (Fsp3) is 0.600. The molecule has 0 saturated carbocycles. The fourth-order valence-corrected chi connectivity index (χ4v) is 4.60. The number of nitrogens with zero attached hydrogens (tertiary/aromatic N) is 4. The smallest absolute Gasteiger partial charge is 0.167 e. The molecule has 1 unspecified atom stereocenters. The van der Waals surface area contributed by atoms with E-state index in [2.05, 4.69) is 15.0 Å². The number of ether oxygens (including phenoxy) is 1. The Bertz CT molecular complexity index is 774. The summed E-state index contributed by atoms with van der Waals surface area (Å²) in [6.07, 6.45) is 2.60. The Balaban J connectivity index is 1.71. The van der Waals surface area contributed by atoms with Gasteiger partial charge >= 0.3 is 0 Å². The number of carbonyl (C=O) groups excluding carboxylic acids is 1. The molecule has 0 bridgehead atoms. The second-order valence-electron chi connectivity index (χ2n) is 6.37. The maximum Gasteiger partial charge on any atom is 0.167 e. The van der Waals surface area contributed by atoms with Crippen LogP contribution in [0.1, 0.15) is 12.6 Å². The highest BCUT2D eigenvalue weighted by Crippen LogP contribution is 2.32. The predicted molar refractivity (Wildman–Crippen MR) is 97.3 cm³/mol. The number of aromatic nitrogens is 4. The number of aliphatic hydroxyl groups is 2. The number of aldehydes is 1. The highest BCUT2D eigenvalue weighted by atomic mass is 32.2. The van der Waals surface area contributed by atoms with Crippen LogP contribution in [-0.4, -0.2) is 78.1 Å². The molecule has 0 aromatic carbocycles. The molecule has 0 amide bonds. The van der Waals surface area contributed by atoms with Gasteiger partial charge in [-0.2, -0.15) is 0 Å². The van der Waals surface area contributed by atoms with E-state index in [1.54, 1.807) is 4.57 Å². The van der Waals surface area contributed by atoms with E-state index >= 15 is 0 Å². The number of imidazole rings is 1. The zero-order valence-electron chi connectivity index (χ0n) is 14.3. The molecule has 0 spiro atoms. The number of hydrogen-bond acceptors (Lipinski definition) is 9. The second-order valence-corrected chi connectivity index (χ2v) is 8.67. The third kappa shape index (κ3) is 3.67. The molecule has 10 nitrogen and oxygen atoms in total. The molecular weight excluding hydrogens is 360 g/mol. The zero-order valence-corrected chi connectivity index (χ0v) is 15.1. The summed E-state index contributed by atoms with van der Waals surface area (Å²) in [6, 6.07) is -0.472. The van der Waals surface area contributed by atoms with Gasteiger partial charge < -0.3 is 31.2 Å². The van der Waals surface area contributed by atoms with E-state index in [9.17, 15) is 15.0 Å². The number of hydrogen-bond donors (Lipinski definition) is 4. The van der Waals surface area contributed by atoms with Gasteiger partial charge in [-0.05, 0) is 10.9 Å². The van der Waals surface area contributed by atoms with Gasteiger partial charge in [-0.15, -0.1) is 0 Å². The molecule has 1 saturated heterocycles. The Hall–Kier alpha value is -1.79. The first-order chi connectivity index (χ1) is 12.4. The van der Waals surface area contributed by atoms with Gasteiger partial charge in [0.25, 0.3) is 0 Å². The van der Waals surface area contributed by atoms with Crippen molar-refractivity contribution in [1.82, 2.24) is 19.5 Å². The van der Waals surface area contributed by atoms with Crippen molar-refractivity contribution in [3.63, 3.8) is 0 Å². The summed E-state index contributed by atoms with van der Waals surface area (Å²) in [5.74, 6) is 1.55. The molecule has 26 heavy (non-hydrogen) atoms. The molecule has 0 radical (unpaired) electrons. The molecular formula is C15H23N6O4S+. The van der Waals surface area contributed by atoms with Crippen LogP contribution in [0.4, 0.5) is 5.82 Å². The van der Waals surface area contributed by atoms with Crippen molar-refractivity contribution in [3.8, 4) is 0 Å². The first-order valence-corrected chi connectivity index (χ1v) is 10.1. The summed E-state index contributed by atoms with van der Waals surface area (Å²) in [5, 5.41) is 20.8. The van der Waals surface area contributed by atoms with Gasteiger partial charge in [-0.25, -0.2) is 15.0 Å². The average molecular weight is 383 g/mol. The number of aliphatic hydroxyl groups excluding tert-OH is 2. The van der Waals surface area contributed by atoms with E-state index < -0.39 is 30.6 Å². The third-order valence-electron chi connectivity index (χ3n) is 4.42. The summed E-state index contributed by atoms with van der Waals surface area (Å²) in [7, 11) is -0.116. The number of nitrogen functional groups attached to an aromatic ring is 1. The number of fused-ring (bicyclic) bond motifs is 1. The van der Waals surface area contributed by atoms with E-state index in [0.29, 0.717) is 23.3 Å². The maximum atomic E-state index is 10.6. The quantitative estimate of drug-likeness (QED) is 0.319. The summed E-state index contributed by atoms with van der Waals surface area (Å²) in [4.78, 5) is 22.8. The molecule has 1 fully saturated rings. The number of nitrogens with two attached hydrogens (primary N) is 2. The summed E-state index contributed by atoms with van der Waals surface area (Å²) in [5.41, 5.74) is 12.2. The first kappa shape index (κ1) is 19.0. The van der Waals surface area contributed by atoms with Crippen LogP contribution in [0.5, 0.6) is 0 Å². The topological polar surface area (TPSA) is 162 Å². The lowest BCUT2D eigenvalue weighted by Crippen LogP contribution is -2.36. The Morgan fingerprint density at radius 2 is 2.15 bits per heavy atom. The largest absolute Gasteiger partial charge is 0.387 e. The standard InChI is InChI=1S/C15H23N6O4S/c1-26(3-2-8(16)4-22)5-9-11(23)12(24)15(25-9)21-7-20-10-13(17)18-6-19-14(10)21/h4,6-9,11-12,15,23-24H,2-3,5,16H2,1H3,(H2,17,18,19)/q+1/t8-,9+,11+,12+,15+,26?/m0/s1. The van der Waals surface area contributed by atoms with Crippen LogP contribution in [0.25, 0.3) is 11.2 Å². The second kappa shape index (κ2) is 7.84. The molecule has 3 rings (SSSR count). The monoisotopic (exact) mass is 383 g/mol. The lowest BCUT2D eigenvalue weighted by Gasteiger charge is -2.16. The fourth-order valence-electron chi connectivity index (χ4n) is 2.92. The van der Waals surface area contributed by atoms with Crippen molar-refractivity contribution in [1.29, 1.82) is 0 Å². The first-order valence-electron chi connectivity index (χ1n) is 8.17. The van der Waals surface area contributed by atoms with Gasteiger partial charge in [0.15, 0.2) is 17.7 Å². The lowest BCUT2D eigenvalue weighted by atomic mass is 10.1. The normalized spacial score (nSPS) is 28.3. The highest BCUT2D eigenvalue weighted by Gasteiger charge is 2.46. The molecule has 1 aliphatic rings. The molecule has 142 valence electrons. The van der Waals surface area contributed by atoms with Crippen LogP contribution >= 0.6 is 0 Å². The Morgan fingerprint density at radius 3 is 2.88 bits per heavy atom. The van der Waals surface area contributed by atoms with Crippen molar-refractivity contribution in [3.05, 3.63) is 12.7 Å². The van der Waals surface area contributed by atoms with Gasteiger partial charge in [0.1, 0.15) is 47.9 Å². The number of rotatable bonds is 7. The van der Waals surface area contributed by atoms with Crippen molar-refractivity contribution < 1.29 is 19.7 Å². The van der Waals surface area contributed by atoms with E-state index in [1.165, 1.54) is 12.7 Å². The van der Waals surface area contributed by atoms with Crippen LogP contribution in [0.15, 0.2) is 12.7 Å². The van der Waals surface area contributed by atoms with Crippen molar-refractivity contribution in [2.24, 2.45) is 5.73 Å². The van der Waals surface area contributed by atoms with Crippen molar-refractivity contribution in [2.75, 3.05) is 23.5 Å². The van der Waals surface area contributed by atoms with Gasteiger partial charge in [-0.1, -0.05) is 0 Å². The van der Waals surface area contributed by atoms with Crippen molar-refractivity contribution in [2.45, 2.75) is 37.0 Å². The van der Waals surface area contributed by atoms with Gasteiger partial charge in [0, 0.05) is 6.42 Å². The van der Waals surface area contributed by atoms with Gasteiger partial charge in [0.2, 0.25) is 0 Å². The van der Waals surface area contributed by atoms with Crippen LogP contribution in [-0.2, 0) is 20.4 Å². The highest BCUT2D eigenvalue weighted by molar-refractivity contribution is 7.96. The lowest BCUT2D eigenvalue weighted by molar-refractivity contribution is -0.108. The van der Waals surface area contributed by atoms with Crippen LogP contribution < -0.4 is 11.5 Å². The molecule has 6 N–H and O–H groups in total. The van der Waals surface area contributed by atoms with E-state index in [-0.39, 0.29) is 16.7 Å². The Labute approximate surface area is 152 Å². The van der Waals surface area contributed by atoms with Crippen LogP contribution in [0.2, 0.25) is 0 Å². The molecule has 1 aliphatic heterocycles. The maximum absolute atomic E-state index is 10.6. The van der Waals surface area contributed by atoms with Gasteiger partial charge in [-0.3, -0.25) is 4.57 Å². The molecule has 11 heteroatoms. The van der Waals surface area contributed by atoms with E-state index in [4.69, 9.17) is 16.2 Å². The van der Waals surface area contributed by atoms with E-state index in [1.807, 2.05) is 6.26 Å². The Morgan fingerprint density at radius 1 is 1.38 bits per heavy atom. The Kier molecular flexibility index (Phi) is 5.73. The summed E-state index contributed by atoms with van der Waals surface area (Å²) < 4.78 is 7.46. The van der Waals surface area contributed by atoms with Crippen LogP contribution in [0, 0.1) is 0 Å². The van der Waals surface area contributed by atoms with E-state index in [0.717, 1.165) is 12.0 Å². The number of carbonyl (C=O) groups is 1. The van der Waals surface area contributed by atoms with Gasteiger partial charge in [0.05, 0.1) is 18.6 Å². The summed E-state index contributed by atoms with van der Waals surface area (Å²) >= 11 is 0. The average Bonchev–Trinajstić information content (AvgIpc) is 3.17. The third-order valence-corrected chi connectivity index (χ3v) is 6.25. The molecule has 2 aromatic heterocycles. The zero-order chi connectivity index (χ0) is 18.8. The molecule has 3 heterocycles. The minimum Gasteiger partial charge on any atom is -0.387 e. The molecule has 2 aromatic rings. The SMILES string of the molecule is C[S+](CC[C@H](N)C=O)C[C@H]1O[C@@H](n2cnc3c(N)ncnc32)[C@H](O)[C@@H]1O. The minimum absolute atomic E-state index is 0.116. The summed E-state index contributed by atoms with van der Waals surface area (Å²) in [6.45, 7) is 0. The minimum atomic E-state index is -1.12. The molecule has 0 aliphatic carbocycles. The molecule has 6 atom stereocenters. The van der Waals surface area contributed by atoms with Crippen LogP contribution in [0.3, 0.4) is 0 Å².